The number of hydrogen-bond donors (Lipinski definition) is 1. The Bertz CT molecular complexity index is 827. The predicted molar refractivity (Wildman–Crippen MR) is 90.1 cm³/mol. The molecule has 3 rings (SSSR count). The molecular formula is C18H17N5O. The number of amides is 1. The molecule has 0 aliphatic carbocycles. The van der Waals surface area contributed by atoms with Crippen LogP contribution in [0.15, 0.2) is 48.5 Å². The van der Waals surface area contributed by atoms with Crippen molar-refractivity contribution in [2.24, 2.45) is 0 Å². The molecule has 6 heteroatoms. The van der Waals surface area contributed by atoms with Gasteiger partial charge in [-0.25, -0.2) is 0 Å². The number of aromatic nitrogens is 4. The largest absolute Gasteiger partial charge is 0.348 e. The summed E-state index contributed by atoms with van der Waals surface area (Å²) in [5.41, 5.74) is 3.61. The zero-order chi connectivity index (χ0) is 16.9. The lowest BCUT2D eigenvalue weighted by molar-refractivity contribution is 0.0951. The monoisotopic (exact) mass is 319 g/mol. The summed E-state index contributed by atoms with van der Waals surface area (Å²) in [6.07, 6.45) is 0. The van der Waals surface area contributed by atoms with Crippen LogP contribution >= 0.6 is 0 Å². The van der Waals surface area contributed by atoms with E-state index < -0.39 is 0 Å². The SMILES string of the molecule is Cc1ccc(C(=O)NCc2ccc(-c3nnc(C)nn3)cc2)cc1. The average Bonchev–Trinajstić information content (AvgIpc) is 2.61. The molecule has 2 aromatic carbocycles. The number of nitrogens with one attached hydrogen (secondary N) is 1. The molecule has 120 valence electrons. The summed E-state index contributed by atoms with van der Waals surface area (Å²) in [4.78, 5) is 12.1. The van der Waals surface area contributed by atoms with Crippen LogP contribution in [0.4, 0.5) is 0 Å². The Balaban J connectivity index is 1.63. The number of rotatable bonds is 4. The van der Waals surface area contributed by atoms with Crippen LogP contribution in [-0.2, 0) is 6.54 Å². The summed E-state index contributed by atoms with van der Waals surface area (Å²) in [5, 5.41) is 18.7. The van der Waals surface area contributed by atoms with Gasteiger partial charge in [-0.1, -0.05) is 42.0 Å². The summed E-state index contributed by atoms with van der Waals surface area (Å²) < 4.78 is 0. The first kappa shape index (κ1) is 15.7. The van der Waals surface area contributed by atoms with Gasteiger partial charge in [0, 0.05) is 17.7 Å². The molecule has 3 aromatic rings. The van der Waals surface area contributed by atoms with E-state index in [2.05, 4.69) is 25.7 Å². The molecule has 0 fully saturated rings. The van der Waals surface area contributed by atoms with E-state index in [0.29, 0.717) is 23.8 Å². The highest BCUT2D eigenvalue weighted by Gasteiger charge is 2.06. The fourth-order valence-electron chi connectivity index (χ4n) is 2.16. The molecule has 0 atom stereocenters. The summed E-state index contributed by atoms with van der Waals surface area (Å²) >= 11 is 0. The van der Waals surface area contributed by atoms with Gasteiger partial charge in [-0.05, 0) is 31.5 Å². The van der Waals surface area contributed by atoms with E-state index in [1.165, 1.54) is 0 Å². The van der Waals surface area contributed by atoms with Gasteiger partial charge in [-0.15, -0.1) is 20.4 Å². The number of nitrogens with zero attached hydrogens (tertiary/aromatic N) is 4. The Kier molecular flexibility index (Phi) is 4.56. The van der Waals surface area contributed by atoms with Crippen molar-refractivity contribution in [3.05, 3.63) is 71.0 Å². The molecule has 6 nitrogen and oxygen atoms in total. The highest BCUT2D eigenvalue weighted by atomic mass is 16.1. The van der Waals surface area contributed by atoms with Crippen molar-refractivity contribution in [2.45, 2.75) is 20.4 Å². The Morgan fingerprint density at radius 3 is 2.12 bits per heavy atom. The lowest BCUT2D eigenvalue weighted by atomic mass is 10.1. The lowest BCUT2D eigenvalue weighted by Crippen LogP contribution is -2.22. The molecule has 0 aliphatic heterocycles. The number of hydrogen-bond acceptors (Lipinski definition) is 5. The van der Waals surface area contributed by atoms with E-state index in [1.54, 1.807) is 6.92 Å². The summed E-state index contributed by atoms with van der Waals surface area (Å²) in [5.74, 6) is 0.930. The van der Waals surface area contributed by atoms with Crippen molar-refractivity contribution in [1.29, 1.82) is 0 Å². The number of benzene rings is 2. The molecule has 0 aliphatic rings. The highest BCUT2D eigenvalue weighted by molar-refractivity contribution is 5.94. The van der Waals surface area contributed by atoms with E-state index in [0.717, 1.165) is 16.7 Å². The topological polar surface area (TPSA) is 80.7 Å². The quantitative estimate of drug-likeness (QED) is 0.799. The molecule has 0 bridgehead atoms. The maximum atomic E-state index is 12.1. The third kappa shape index (κ3) is 3.78. The Labute approximate surface area is 140 Å². The van der Waals surface area contributed by atoms with Gasteiger partial charge in [0.1, 0.15) is 0 Å². The van der Waals surface area contributed by atoms with Crippen LogP contribution in [0.5, 0.6) is 0 Å². The van der Waals surface area contributed by atoms with Crippen LogP contribution in [-0.4, -0.2) is 26.3 Å². The molecule has 1 N–H and O–H groups in total. The molecule has 0 saturated carbocycles. The first-order valence-electron chi connectivity index (χ1n) is 7.60. The van der Waals surface area contributed by atoms with E-state index in [9.17, 15) is 4.79 Å². The van der Waals surface area contributed by atoms with Crippen LogP contribution in [0.25, 0.3) is 11.4 Å². The fourth-order valence-corrected chi connectivity index (χ4v) is 2.16. The maximum Gasteiger partial charge on any atom is 0.251 e. The van der Waals surface area contributed by atoms with E-state index in [-0.39, 0.29) is 5.91 Å². The lowest BCUT2D eigenvalue weighted by Gasteiger charge is -2.06. The van der Waals surface area contributed by atoms with Gasteiger partial charge in [0.2, 0.25) is 5.82 Å². The van der Waals surface area contributed by atoms with Crippen LogP contribution < -0.4 is 5.32 Å². The van der Waals surface area contributed by atoms with Crippen molar-refractivity contribution in [1.82, 2.24) is 25.7 Å². The van der Waals surface area contributed by atoms with Gasteiger partial charge in [0.15, 0.2) is 5.82 Å². The van der Waals surface area contributed by atoms with Crippen LogP contribution in [0.3, 0.4) is 0 Å². The van der Waals surface area contributed by atoms with Crippen LogP contribution in [0, 0.1) is 13.8 Å². The normalized spacial score (nSPS) is 10.4. The number of carbonyl (C=O) groups is 1. The van der Waals surface area contributed by atoms with Gasteiger partial charge < -0.3 is 5.32 Å². The molecule has 1 heterocycles. The molecule has 0 radical (unpaired) electrons. The molecule has 1 aromatic heterocycles. The van der Waals surface area contributed by atoms with Crippen molar-refractivity contribution >= 4 is 5.91 Å². The summed E-state index contributed by atoms with van der Waals surface area (Å²) in [6.45, 7) is 4.19. The Morgan fingerprint density at radius 2 is 1.50 bits per heavy atom. The van der Waals surface area contributed by atoms with Crippen molar-refractivity contribution in [3.63, 3.8) is 0 Å². The minimum atomic E-state index is -0.0886. The minimum Gasteiger partial charge on any atom is -0.348 e. The molecule has 1 amide bonds. The Hall–Kier alpha value is -3.15. The third-order valence-corrected chi connectivity index (χ3v) is 3.56. The predicted octanol–water partition coefficient (Wildman–Crippen LogP) is 2.48. The molecular weight excluding hydrogens is 302 g/mol. The van der Waals surface area contributed by atoms with E-state index in [1.807, 2.05) is 55.5 Å². The van der Waals surface area contributed by atoms with Gasteiger partial charge in [0.05, 0.1) is 0 Å². The van der Waals surface area contributed by atoms with Gasteiger partial charge in [-0.2, -0.15) is 0 Å². The first-order valence-corrected chi connectivity index (χ1v) is 7.60. The fraction of sp³-hybridized carbons (Fsp3) is 0.167. The summed E-state index contributed by atoms with van der Waals surface area (Å²) in [6, 6.07) is 15.1. The van der Waals surface area contributed by atoms with Crippen LogP contribution in [0.2, 0.25) is 0 Å². The van der Waals surface area contributed by atoms with Crippen molar-refractivity contribution in [2.75, 3.05) is 0 Å². The highest BCUT2D eigenvalue weighted by Crippen LogP contribution is 2.14. The zero-order valence-electron chi connectivity index (χ0n) is 13.5. The smallest absolute Gasteiger partial charge is 0.251 e. The molecule has 0 spiro atoms. The second-order valence-corrected chi connectivity index (χ2v) is 5.52. The van der Waals surface area contributed by atoms with E-state index in [4.69, 9.17) is 0 Å². The molecule has 24 heavy (non-hydrogen) atoms. The first-order chi connectivity index (χ1) is 11.6. The molecule has 0 unspecified atom stereocenters. The van der Waals surface area contributed by atoms with Gasteiger partial charge >= 0.3 is 0 Å². The molecule has 0 saturated heterocycles. The number of carbonyl (C=O) groups excluding carboxylic acids is 1. The second-order valence-electron chi connectivity index (χ2n) is 5.52. The van der Waals surface area contributed by atoms with Crippen molar-refractivity contribution in [3.8, 4) is 11.4 Å². The number of aryl methyl sites for hydroxylation is 2. The van der Waals surface area contributed by atoms with Gasteiger partial charge in [0.25, 0.3) is 5.91 Å². The minimum absolute atomic E-state index is 0.0886. The average molecular weight is 319 g/mol. The Morgan fingerprint density at radius 1 is 0.875 bits per heavy atom. The second kappa shape index (κ2) is 6.95. The van der Waals surface area contributed by atoms with Gasteiger partial charge in [-0.3, -0.25) is 4.79 Å². The standard InChI is InChI=1S/C18H17N5O/c1-12-3-7-16(8-4-12)18(24)19-11-14-5-9-15(10-6-14)17-22-20-13(2)21-23-17/h3-10H,11H2,1-2H3,(H,19,24). The zero-order valence-corrected chi connectivity index (χ0v) is 13.5. The summed E-state index contributed by atoms with van der Waals surface area (Å²) in [7, 11) is 0. The maximum absolute atomic E-state index is 12.1. The van der Waals surface area contributed by atoms with Crippen LogP contribution in [0.1, 0.15) is 27.3 Å². The third-order valence-electron chi connectivity index (χ3n) is 3.56. The van der Waals surface area contributed by atoms with E-state index >= 15 is 0 Å². The van der Waals surface area contributed by atoms with Crippen molar-refractivity contribution < 1.29 is 4.79 Å².